The van der Waals surface area contributed by atoms with Crippen molar-refractivity contribution >= 4 is 21.2 Å². The predicted octanol–water partition coefficient (Wildman–Crippen LogP) is 0.397. The number of rotatable bonds is 6. The predicted molar refractivity (Wildman–Crippen MR) is 81.6 cm³/mol. The van der Waals surface area contributed by atoms with Crippen LogP contribution in [0.15, 0.2) is 23.1 Å². The molecule has 0 spiro atoms. The van der Waals surface area contributed by atoms with Crippen molar-refractivity contribution in [3.8, 4) is 0 Å². The van der Waals surface area contributed by atoms with Crippen molar-refractivity contribution in [1.82, 2.24) is 4.90 Å². The molecule has 0 aliphatic heterocycles. The topological polar surface area (TPSA) is 95.7 Å². The van der Waals surface area contributed by atoms with Crippen LogP contribution in [0.4, 0.5) is 11.4 Å². The largest absolute Gasteiger partial charge is 0.397 e. The van der Waals surface area contributed by atoms with E-state index in [2.05, 4.69) is 5.32 Å². The molecule has 7 heteroatoms. The van der Waals surface area contributed by atoms with Gasteiger partial charge in [0, 0.05) is 19.3 Å². The minimum Gasteiger partial charge on any atom is -0.397 e. The highest BCUT2D eigenvalue weighted by Crippen LogP contribution is 2.23. The highest BCUT2D eigenvalue weighted by Gasteiger charge is 2.21. The van der Waals surface area contributed by atoms with Crippen molar-refractivity contribution in [3.05, 3.63) is 18.2 Å². The second-order valence-electron chi connectivity index (χ2n) is 5.61. The summed E-state index contributed by atoms with van der Waals surface area (Å²) < 4.78 is 22.8. The summed E-state index contributed by atoms with van der Waals surface area (Å²) in [5.41, 5.74) is 5.87. The van der Waals surface area contributed by atoms with Gasteiger partial charge in [-0.25, -0.2) is 8.42 Å². The Kier molecular flexibility index (Phi) is 5.01. The third-order valence-corrected chi connectivity index (χ3v) is 3.88. The Labute approximate surface area is 120 Å². The molecule has 0 radical (unpaired) electrons. The smallest absolute Gasteiger partial charge is 0.175 e. The lowest BCUT2D eigenvalue weighted by molar-refractivity contribution is 0.0460. The van der Waals surface area contributed by atoms with Gasteiger partial charge >= 0.3 is 0 Å². The molecule has 0 saturated carbocycles. The molecule has 0 amide bonds. The summed E-state index contributed by atoms with van der Waals surface area (Å²) in [4.78, 5) is 2.07. The first-order valence-corrected chi connectivity index (χ1v) is 8.11. The first-order valence-electron chi connectivity index (χ1n) is 6.22. The number of anilines is 2. The molecule has 1 aromatic rings. The van der Waals surface area contributed by atoms with Gasteiger partial charge in [0.25, 0.3) is 0 Å². The van der Waals surface area contributed by atoms with E-state index in [1.807, 2.05) is 19.0 Å². The van der Waals surface area contributed by atoms with Gasteiger partial charge in [0.2, 0.25) is 0 Å². The Morgan fingerprint density at radius 3 is 2.45 bits per heavy atom. The van der Waals surface area contributed by atoms with Gasteiger partial charge in [-0.15, -0.1) is 0 Å². The zero-order chi connectivity index (χ0) is 15.6. The van der Waals surface area contributed by atoms with Crippen LogP contribution < -0.4 is 11.1 Å². The summed E-state index contributed by atoms with van der Waals surface area (Å²) in [5.74, 6) is 0. The molecule has 0 heterocycles. The minimum absolute atomic E-state index is 0.181. The number of nitrogen functional groups attached to an aromatic ring is 1. The number of benzene rings is 1. The number of nitrogens with one attached hydrogen (secondary N) is 1. The van der Waals surface area contributed by atoms with Crippen molar-refractivity contribution in [2.45, 2.75) is 17.4 Å². The van der Waals surface area contributed by atoms with Crippen molar-refractivity contribution in [1.29, 1.82) is 0 Å². The van der Waals surface area contributed by atoms with E-state index >= 15 is 0 Å². The molecule has 6 nitrogen and oxygen atoms in total. The Hall–Kier alpha value is -1.31. The number of nitrogens with two attached hydrogens (primary N) is 1. The molecule has 1 aromatic carbocycles. The first-order chi connectivity index (χ1) is 9.01. The van der Waals surface area contributed by atoms with E-state index in [-0.39, 0.29) is 4.90 Å². The number of sulfone groups is 1. The van der Waals surface area contributed by atoms with E-state index in [1.165, 1.54) is 12.1 Å². The van der Waals surface area contributed by atoms with Crippen LogP contribution in [0.25, 0.3) is 0 Å². The summed E-state index contributed by atoms with van der Waals surface area (Å²) in [6.07, 6.45) is 1.14. The molecular weight excluding hydrogens is 278 g/mol. The standard InChI is InChI=1S/C13H23N3O3S/c1-13(17,9-16(2)3)8-15-12-6-5-10(7-11(12)14)20(4,18)19/h5-7,15,17H,8-9,14H2,1-4H3. The van der Waals surface area contributed by atoms with Gasteiger partial charge in [-0.3, -0.25) is 0 Å². The molecule has 114 valence electrons. The maximum Gasteiger partial charge on any atom is 0.175 e. The zero-order valence-electron chi connectivity index (χ0n) is 12.3. The molecule has 1 rings (SSSR count). The molecule has 0 aliphatic carbocycles. The van der Waals surface area contributed by atoms with E-state index in [4.69, 9.17) is 5.73 Å². The normalized spacial score (nSPS) is 15.1. The SMILES string of the molecule is CN(C)CC(C)(O)CNc1ccc(S(C)(=O)=O)cc1N. The second-order valence-corrected chi connectivity index (χ2v) is 7.63. The molecule has 0 aliphatic rings. The Morgan fingerprint density at radius 1 is 1.40 bits per heavy atom. The first kappa shape index (κ1) is 16.7. The van der Waals surface area contributed by atoms with Gasteiger partial charge in [-0.1, -0.05) is 0 Å². The van der Waals surface area contributed by atoms with Crippen molar-refractivity contribution in [3.63, 3.8) is 0 Å². The summed E-state index contributed by atoms with van der Waals surface area (Å²) in [6, 6.07) is 4.52. The number of hydrogen-bond acceptors (Lipinski definition) is 6. The van der Waals surface area contributed by atoms with E-state index in [0.717, 1.165) is 6.26 Å². The Balaban J connectivity index is 2.80. The average Bonchev–Trinajstić information content (AvgIpc) is 2.24. The quantitative estimate of drug-likeness (QED) is 0.658. The third kappa shape index (κ3) is 4.99. The van der Waals surface area contributed by atoms with E-state index < -0.39 is 15.4 Å². The third-order valence-electron chi connectivity index (χ3n) is 2.77. The average molecular weight is 301 g/mol. The van der Waals surface area contributed by atoms with E-state index in [9.17, 15) is 13.5 Å². The maximum absolute atomic E-state index is 11.4. The number of nitrogens with zero attached hydrogens (tertiary/aromatic N) is 1. The highest BCUT2D eigenvalue weighted by atomic mass is 32.2. The fourth-order valence-corrected chi connectivity index (χ4v) is 2.61. The highest BCUT2D eigenvalue weighted by molar-refractivity contribution is 7.90. The fraction of sp³-hybridized carbons (Fsp3) is 0.538. The van der Waals surface area contributed by atoms with Crippen molar-refractivity contribution in [2.75, 3.05) is 44.5 Å². The molecule has 0 bridgehead atoms. The van der Waals surface area contributed by atoms with Crippen LogP contribution in [-0.2, 0) is 9.84 Å². The molecule has 4 N–H and O–H groups in total. The van der Waals surface area contributed by atoms with Gasteiger partial charge < -0.3 is 21.1 Å². The Bertz CT molecular complexity index is 568. The van der Waals surface area contributed by atoms with E-state index in [1.54, 1.807) is 13.0 Å². The maximum atomic E-state index is 11.4. The summed E-state index contributed by atoms with van der Waals surface area (Å²) >= 11 is 0. The van der Waals surface area contributed by atoms with Crippen molar-refractivity contribution in [2.24, 2.45) is 0 Å². The summed E-state index contributed by atoms with van der Waals surface area (Å²) in [7, 11) is 0.492. The second kappa shape index (κ2) is 5.99. The van der Waals surface area contributed by atoms with E-state index in [0.29, 0.717) is 24.5 Å². The number of likely N-dealkylation sites (N-methyl/N-ethyl adjacent to an activating group) is 1. The molecule has 0 saturated heterocycles. The minimum atomic E-state index is -3.27. The van der Waals surface area contributed by atoms with Gasteiger partial charge in [0.05, 0.1) is 21.9 Å². The monoisotopic (exact) mass is 301 g/mol. The van der Waals surface area contributed by atoms with Crippen LogP contribution in [0.2, 0.25) is 0 Å². The van der Waals surface area contributed by atoms with Gasteiger partial charge in [-0.2, -0.15) is 0 Å². The molecule has 1 unspecified atom stereocenters. The van der Waals surface area contributed by atoms with Crippen LogP contribution in [0.5, 0.6) is 0 Å². The molecule has 20 heavy (non-hydrogen) atoms. The molecule has 0 fully saturated rings. The lowest BCUT2D eigenvalue weighted by Gasteiger charge is -2.27. The summed E-state index contributed by atoms with van der Waals surface area (Å²) in [5, 5.41) is 13.2. The zero-order valence-corrected chi connectivity index (χ0v) is 13.2. The lowest BCUT2D eigenvalue weighted by Crippen LogP contribution is -2.43. The fourth-order valence-electron chi connectivity index (χ4n) is 1.96. The number of hydrogen-bond donors (Lipinski definition) is 3. The van der Waals surface area contributed by atoms with Gasteiger partial charge in [-0.05, 0) is 39.2 Å². The summed E-state index contributed by atoms with van der Waals surface area (Å²) in [6.45, 7) is 2.54. The van der Waals surface area contributed by atoms with Crippen LogP contribution in [0, 0.1) is 0 Å². The van der Waals surface area contributed by atoms with Crippen LogP contribution in [-0.4, -0.2) is 57.5 Å². The number of aliphatic hydroxyl groups is 1. The van der Waals surface area contributed by atoms with Crippen LogP contribution >= 0.6 is 0 Å². The van der Waals surface area contributed by atoms with Gasteiger partial charge in [0.15, 0.2) is 9.84 Å². The molecule has 1 atom stereocenters. The van der Waals surface area contributed by atoms with Crippen LogP contribution in [0.1, 0.15) is 6.92 Å². The lowest BCUT2D eigenvalue weighted by atomic mass is 10.1. The van der Waals surface area contributed by atoms with Crippen LogP contribution in [0.3, 0.4) is 0 Å². The Morgan fingerprint density at radius 2 is 2.00 bits per heavy atom. The van der Waals surface area contributed by atoms with Gasteiger partial charge in [0.1, 0.15) is 0 Å². The van der Waals surface area contributed by atoms with Crippen molar-refractivity contribution < 1.29 is 13.5 Å². The molecule has 0 aromatic heterocycles. The molecular formula is C13H23N3O3S.